The lowest BCUT2D eigenvalue weighted by Crippen LogP contribution is -2.04. The van der Waals surface area contributed by atoms with Gasteiger partial charge in [-0.3, -0.25) is 0 Å². The van der Waals surface area contributed by atoms with Crippen LogP contribution in [-0.4, -0.2) is 19.5 Å². The van der Waals surface area contributed by atoms with Gasteiger partial charge in [-0.25, -0.2) is 19.3 Å². The van der Waals surface area contributed by atoms with Gasteiger partial charge in [0.05, 0.1) is 29.3 Å². The molecule has 0 aliphatic heterocycles. The minimum Gasteiger partial charge on any atom is -0.331 e. The molecule has 0 saturated carbocycles. The second-order valence-corrected chi connectivity index (χ2v) is 4.52. The van der Waals surface area contributed by atoms with Crippen molar-refractivity contribution in [1.29, 1.82) is 0 Å². The summed E-state index contributed by atoms with van der Waals surface area (Å²) in [5, 5.41) is 0.0372. The van der Waals surface area contributed by atoms with Crippen molar-refractivity contribution in [1.82, 2.24) is 19.5 Å². The van der Waals surface area contributed by atoms with Crippen LogP contribution in [-0.2, 0) is 13.5 Å². The number of aryl methyl sites for hydroxylation is 1. The molecule has 0 fully saturated rings. The van der Waals surface area contributed by atoms with Crippen LogP contribution in [0.5, 0.6) is 0 Å². The lowest BCUT2D eigenvalue weighted by molar-refractivity contribution is 0.592. The van der Waals surface area contributed by atoms with Crippen LogP contribution in [0.1, 0.15) is 11.5 Å². The normalized spacial score (nSPS) is 11.1. The molecule has 0 saturated heterocycles. The molecule has 0 aliphatic carbocycles. The SMILES string of the molecule is Cn1c(Cc2nc(Cl)ncc2F)nc2ccccc21. The highest BCUT2D eigenvalue weighted by atomic mass is 35.5. The first kappa shape index (κ1) is 12.0. The van der Waals surface area contributed by atoms with Crippen molar-refractivity contribution in [2.45, 2.75) is 6.42 Å². The van der Waals surface area contributed by atoms with Crippen LogP contribution in [0.4, 0.5) is 4.39 Å². The number of rotatable bonds is 2. The zero-order chi connectivity index (χ0) is 13.4. The van der Waals surface area contributed by atoms with Crippen molar-refractivity contribution in [2.75, 3.05) is 0 Å². The molecule has 1 aromatic carbocycles. The van der Waals surface area contributed by atoms with E-state index in [9.17, 15) is 4.39 Å². The Morgan fingerprint density at radius 3 is 2.84 bits per heavy atom. The van der Waals surface area contributed by atoms with Crippen molar-refractivity contribution >= 4 is 22.6 Å². The maximum atomic E-state index is 13.6. The molecule has 2 aromatic heterocycles. The summed E-state index contributed by atoms with van der Waals surface area (Å²) in [5.74, 6) is 0.256. The number of aromatic nitrogens is 4. The molecule has 3 rings (SSSR count). The number of para-hydroxylation sites is 2. The molecule has 19 heavy (non-hydrogen) atoms. The van der Waals surface area contributed by atoms with Crippen LogP contribution >= 0.6 is 11.6 Å². The Balaban J connectivity index is 2.06. The summed E-state index contributed by atoms with van der Waals surface area (Å²) in [6, 6.07) is 7.74. The lowest BCUT2D eigenvalue weighted by atomic mass is 10.3. The third kappa shape index (κ3) is 2.17. The molecule has 0 radical (unpaired) electrons. The molecule has 3 aromatic rings. The zero-order valence-electron chi connectivity index (χ0n) is 10.1. The standard InChI is InChI=1S/C13H10ClFN4/c1-19-11-5-3-2-4-9(11)17-12(19)6-10-8(15)7-16-13(14)18-10/h2-5,7H,6H2,1H3. The fourth-order valence-corrected chi connectivity index (χ4v) is 2.16. The van der Waals surface area contributed by atoms with Gasteiger partial charge < -0.3 is 4.57 Å². The van der Waals surface area contributed by atoms with Crippen LogP contribution in [0.2, 0.25) is 5.28 Å². The highest BCUT2D eigenvalue weighted by molar-refractivity contribution is 6.28. The summed E-state index contributed by atoms with van der Waals surface area (Å²) in [4.78, 5) is 12.0. The van der Waals surface area contributed by atoms with Gasteiger partial charge >= 0.3 is 0 Å². The highest BCUT2D eigenvalue weighted by Gasteiger charge is 2.12. The Hall–Kier alpha value is -2.01. The van der Waals surface area contributed by atoms with Gasteiger partial charge in [0.15, 0.2) is 5.82 Å². The molecule has 0 aliphatic rings. The van der Waals surface area contributed by atoms with Crippen LogP contribution < -0.4 is 0 Å². The van der Waals surface area contributed by atoms with Crippen LogP contribution in [0.15, 0.2) is 30.5 Å². The number of benzene rings is 1. The second-order valence-electron chi connectivity index (χ2n) is 4.19. The summed E-state index contributed by atoms with van der Waals surface area (Å²) >= 11 is 5.69. The van der Waals surface area contributed by atoms with Gasteiger partial charge in [0, 0.05) is 7.05 Å². The van der Waals surface area contributed by atoms with Crippen molar-refractivity contribution in [2.24, 2.45) is 7.05 Å². The third-order valence-corrected chi connectivity index (χ3v) is 3.17. The predicted octanol–water partition coefficient (Wildman–Crippen LogP) is 2.75. The molecule has 96 valence electrons. The summed E-state index contributed by atoms with van der Waals surface area (Å²) in [5.41, 5.74) is 2.12. The van der Waals surface area contributed by atoms with Crippen LogP contribution in [0.25, 0.3) is 11.0 Å². The summed E-state index contributed by atoms with van der Waals surface area (Å²) in [7, 11) is 1.89. The lowest BCUT2D eigenvalue weighted by Gasteiger charge is -2.03. The summed E-state index contributed by atoms with van der Waals surface area (Å²) in [6.07, 6.45) is 1.35. The van der Waals surface area contributed by atoms with Gasteiger partial charge in [0.1, 0.15) is 5.82 Å². The Morgan fingerprint density at radius 2 is 2.05 bits per heavy atom. The largest absolute Gasteiger partial charge is 0.331 e. The van der Waals surface area contributed by atoms with E-state index in [1.807, 2.05) is 35.9 Å². The maximum absolute atomic E-state index is 13.6. The van der Waals surface area contributed by atoms with E-state index in [2.05, 4.69) is 15.0 Å². The topological polar surface area (TPSA) is 43.6 Å². The smallest absolute Gasteiger partial charge is 0.222 e. The van der Waals surface area contributed by atoms with Crippen molar-refractivity contribution in [3.05, 3.63) is 53.1 Å². The van der Waals surface area contributed by atoms with Gasteiger partial charge in [-0.05, 0) is 23.7 Å². The van der Waals surface area contributed by atoms with E-state index in [4.69, 9.17) is 11.6 Å². The molecule has 0 bridgehead atoms. The Labute approximate surface area is 113 Å². The molecular formula is C13H10ClFN4. The number of hydrogen-bond acceptors (Lipinski definition) is 3. The minimum absolute atomic E-state index is 0.0372. The quantitative estimate of drug-likeness (QED) is 0.676. The van der Waals surface area contributed by atoms with E-state index in [1.54, 1.807) is 0 Å². The monoisotopic (exact) mass is 276 g/mol. The Bertz CT molecular complexity index is 753. The predicted molar refractivity (Wildman–Crippen MR) is 70.5 cm³/mol. The Kier molecular flexibility index (Phi) is 2.91. The number of hydrogen-bond donors (Lipinski definition) is 0. The molecule has 6 heteroatoms. The summed E-state index contributed by atoms with van der Waals surface area (Å²) in [6.45, 7) is 0. The highest BCUT2D eigenvalue weighted by Crippen LogP contribution is 2.17. The molecule has 0 atom stereocenters. The first-order valence-corrected chi connectivity index (χ1v) is 6.10. The molecule has 0 amide bonds. The fourth-order valence-electron chi connectivity index (χ4n) is 2.01. The van der Waals surface area contributed by atoms with E-state index < -0.39 is 5.82 Å². The number of nitrogens with zero attached hydrogens (tertiary/aromatic N) is 4. The third-order valence-electron chi connectivity index (χ3n) is 2.99. The van der Waals surface area contributed by atoms with Gasteiger partial charge in [-0.15, -0.1) is 0 Å². The molecule has 4 nitrogen and oxygen atoms in total. The van der Waals surface area contributed by atoms with Gasteiger partial charge in [-0.2, -0.15) is 0 Å². The van der Waals surface area contributed by atoms with Crippen LogP contribution in [0, 0.1) is 5.82 Å². The first-order valence-electron chi connectivity index (χ1n) is 5.72. The van der Waals surface area contributed by atoms with Gasteiger partial charge in [0.25, 0.3) is 0 Å². The average molecular weight is 277 g/mol. The second kappa shape index (κ2) is 4.59. The molecular weight excluding hydrogens is 267 g/mol. The molecule has 0 spiro atoms. The molecule has 0 unspecified atom stereocenters. The molecule has 0 N–H and O–H groups in total. The maximum Gasteiger partial charge on any atom is 0.222 e. The number of fused-ring (bicyclic) bond motifs is 1. The number of imidazole rings is 1. The zero-order valence-corrected chi connectivity index (χ0v) is 10.9. The van der Waals surface area contributed by atoms with E-state index in [0.717, 1.165) is 23.1 Å². The van der Waals surface area contributed by atoms with Gasteiger partial charge in [-0.1, -0.05) is 12.1 Å². The van der Waals surface area contributed by atoms with E-state index >= 15 is 0 Å². The van der Waals surface area contributed by atoms with Crippen molar-refractivity contribution in [3.63, 3.8) is 0 Å². The van der Waals surface area contributed by atoms with Crippen molar-refractivity contribution < 1.29 is 4.39 Å². The van der Waals surface area contributed by atoms with Crippen molar-refractivity contribution in [3.8, 4) is 0 Å². The molecule has 2 heterocycles. The fraction of sp³-hybridized carbons (Fsp3) is 0.154. The van der Waals surface area contributed by atoms with Crippen LogP contribution in [0.3, 0.4) is 0 Å². The summed E-state index contributed by atoms with van der Waals surface area (Å²) < 4.78 is 15.5. The minimum atomic E-state index is -0.476. The number of halogens is 2. The average Bonchev–Trinajstić information content (AvgIpc) is 2.72. The van der Waals surface area contributed by atoms with Gasteiger partial charge in [0.2, 0.25) is 5.28 Å². The van der Waals surface area contributed by atoms with E-state index in [1.165, 1.54) is 0 Å². The first-order chi connectivity index (χ1) is 9.15. The Morgan fingerprint density at radius 1 is 1.26 bits per heavy atom. The van der Waals surface area contributed by atoms with E-state index in [-0.39, 0.29) is 17.4 Å². The van der Waals surface area contributed by atoms with E-state index in [0.29, 0.717) is 0 Å².